The number of nitroso groups, excluding NO2 is 1. The number of aryl methyl sites for hydroxylation is 6. The first-order chi connectivity index (χ1) is 56.5. The minimum Gasteiger partial charge on any atom is -0.478 e. The zero-order valence-corrected chi connectivity index (χ0v) is 68.2. The van der Waals surface area contributed by atoms with E-state index in [2.05, 4.69) is 47.1 Å². The molecule has 37 heteroatoms. The van der Waals surface area contributed by atoms with E-state index in [9.17, 15) is 73.2 Å². The number of anilines is 7. The van der Waals surface area contributed by atoms with Crippen LogP contribution in [0.4, 0.5) is 85.1 Å². The van der Waals surface area contributed by atoms with Crippen molar-refractivity contribution in [3.8, 4) is 33.4 Å². The van der Waals surface area contributed by atoms with Crippen LogP contribution in [-0.2, 0) is 71.6 Å². The average Bonchev–Trinajstić information content (AvgIpc) is 0.792. The van der Waals surface area contributed by atoms with Crippen molar-refractivity contribution in [2.45, 2.75) is 57.1 Å². The number of hydrazine groups is 1. The van der Waals surface area contributed by atoms with Crippen LogP contribution in [0.5, 0.6) is 0 Å². The maximum absolute atomic E-state index is 13.4. The molecule has 3 aliphatic rings. The molecule has 0 bridgehead atoms. The minimum atomic E-state index is -4.63. The first-order valence-corrected chi connectivity index (χ1v) is 38.3. The number of morpholine rings is 3. The molecular formula is C83H88BrClF9N15O11. The Morgan fingerprint density at radius 1 is 0.525 bits per heavy atom. The van der Waals surface area contributed by atoms with Crippen LogP contribution >= 0.6 is 27.5 Å². The van der Waals surface area contributed by atoms with Crippen LogP contribution in [0.2, 0.25) is 0 Å². The van der Waals surface area contributed by atoms with Crippen molar-refractivity contribution in [2.24, 2.45) is 37.9 Å². The van der Waals surface area contributed by atoms with Crippen molar-refractivity contribution in [3.63, 3.8) is 0 Å². The summed E-state index contributed by atoms with van der Waals surface area (Å²) in [5, 5.41) is 16.6. The Kier molecular flexibility index (Phi) is 32.6. The molecule has 7 heterocycles. The molecule has 26 nitrogen and oxygen atoms in total. The Bertz CT molecular complexity index is 5310. The molecule has 13 rings (SSSR count). The number of carbonyl (C=O) groups is 3. The predicted octanol–water partition coefficient (Wildman–Crippen LogP) is 15.1. The van der Waals surface area contributed by atoms with Gasteiger partial charge in [0.2, 0.25) is 5.82 Å². The Labute approximate surface area is 696 Å². The third kappa shape index (κ3) is 24.0. The Hall–Kier alpha value is -11.8. The first-order valence-electron chi connectivity index (χ1n) is 36.7. The fraction of sp³-hybridized carbons (Fsp3) is 0.289. The van der Waals surface area contributed by atoms with Gasteiger partial charge in [-0.25, -0.2) is 9.78 Å². The SMILES string of the molecule is Cc1ccc(N)cc1-c1cc(N2CCOCC2)c(=O)n(C)c1.Cc1ccc(NC(=O)c2ccc(CCl)c(C(F)(F)F)c2)cc1-c1cc(N2CCOCC2)c(=O)n(C)c1.Cc1ccc(NC(=O)c2ccc(CN)c(C(F)(F)F)c2)cc1-c1cc(N2CCOCC2)c(=O)n(C)c1.N.NNc1cccnc1N=O.O=C(O)c1ccc(CBr)c(C(F)(F)F)c1. The molecule has 6 aromatic carbocycles. The van der Waals surface area contributed by atoms with Gasteiger partial charge in [-0.2, -0.15) is 39.5 Å². The molecular weight excluding hydrogens is 1670 g/mol. The summed E-state index contributed by atoms with van der Waals surface area (Å²) in [7, 11) is 5.15. The molecule has 0 aliphatic carbocycles. The van der Waals surface area contributed by atoms with Crippen molar-refractivity contribution >= 4 is 90.9 Å². The molecule has 4 aromatic heterocycles. The number of alkyl halides is 11. The third-order valence-corrected chi connectivity index (χ3v) is 20.2. The summed E-state index contributed by atoms with van der Waals surface area (Å²) in [6.07, 6.45) is -7.00. The Balaban J connectivity index is 0.000000199. The highest BCUT2D eigenvalue weighted by Crippen LogP contribution is 2.38. The number of nitrogens with zero attached hydrogens (tertiary/aromatic N) is 8. The van der Waals surface area contributed by atoms with Gasteiger partial charge >= 0.3 is 24.5 Å². The second-order valence-electron chi connectivity index (χ2n) is 27.4. The monoisotopic (exact) mass is 1760 g/mol. The van der Waals surface area contributed by atoms with Crippen LogP contribution in [0.1, 0.15) is 81.1 Å². The number of benzene rings is 6. The molecule has 0 saturated carbocycles. The van der Waals surface area contributed by atoms with Gasteiger partial charge in [-0.15, -0.1) is 16.5 Å². The summed E-state index contributed by atoms with van der Waals surface area (Å²) >= 11 is 8.56. The molecule has 0 spiro atoms. The quantitative estimate of drug-likeness (QED) is 0.0111. The van der Waals surface area contributed by atoms with Crippen molar-refractivity contribution in [1.82, 2.24) is 24.8 Å². The summed E-state index contributed by atoms with van der Waals surface area (Å²) < 4.78 is 139. The maximum Gasteiger partial charge on any atom is 0.416 e. The summed E-state index contributed by atoms with van der Waals surface area (Å²) in [5.41, 5.74) is 21.8. The van der Waals surface area contributed by atoms with Gasteiger partial charge in [-0.1, -0.05) is 52.3 Å². The van der Waals surface area contributed by atoms with Gasteiger partial charge in [0.05, 0.1) is 67.6 Å². The van der Waals surface area contributed by atoms with Crippen molar-refractivity contribution in [2.75, 3.05) is 115 Å². The minimum absolute atomic E-state index is 0. The number of aromatic nitrogens is 4. The second-order valence-corrected chi connectivity index (χ2v) is 28.3. The van der Waals surface area contributed by atoms with E-state index in [4.69, 9.17) is 48.2 Å². The maximum atomic E-state index is 13.4. The number of carboxylic acid groups (broad SMARTS) is 1. The number of carboxylic acids is 1. The standard InChI is InChI=1S/C26H25ClF3N3O3.C26H27F3N4O3.C17H21N3O2.C9H6BrF3O2.C5H6N4O.H3N/c1-16-3-6-20(31-24(34)17-4-5-18(14-27)22(11-17)26(28,29)30)13-21(16)19-12-23(25(35)32(2)15-19)33-7-9-36-10-8-33;1-16-3-6-20(31-24(34)17-4-5-18(14-30)22(11-17)26(27,28)29)13-21(16)19-12-23(25(35)32(2)15-19)33-7-9-36-10-8-33;1-12-3-4-14(18)10-15(12)13-9-16(17(21)19(2)11-13)20-5-7-22-8-6-20;10-4-6-2-1-5(8(14)15)3-7(6)9(11,12)13;6-8-4-2-1-3-7-5(4)9-10;/h3-6,11-13,15H,7-10,14H2,1-2H3,(H,31,34);3-6,11-13,15H,7-10,14,30H2,1-2H3,(H,31,34);3-4,9-11H,5-8,18H2,1-2H3;1-3H,4H2,(H,14,15);1-3,8H,6H2;1H3. The average molecular weight is 1760 g/mol. The van der Waals surface area contributed by atoms with E-state index in [-0.39, 0.29) is 79.8 Å². The van der Waals surface area contributed by atoms with Crippen LogP contribution in [0.15, 0.2) is 184 Å². The molecule has 638 valence electrons. The number of halogens is 11. The number of carbonyl (C=O) groups excluding carboxylic acids is 2. The van der Waals surface area contributed by atoms with Crippen LogP contribution in [0.3, 0.4) is 0 Å². The second kappa shape index (κ2) is 41.8. The highest BCUT2D eigenvalue weighted by molar-refractivity contribution is 9.08. The molecule has 0 atom stereocenters. The molecule has 10 aromatic rings. The van der Waals surface area contributed by atoms with E-state index in [0.29, 0.717) is 100 Å². The number of ether oxygens (including phenoxy) is 3. The number of pyridine rings is 4. The molecule has 120 heavy (non-hydrogen) atoms. The zero-order valence-electron chi connectivity index (χ0n) is 65.9. The highest BCUT2D eigenvalue weighted by Gasteiger charge is 2.37. The van der Waals surface area contributed by atoms with E-state index >= 15 is 0 Å². The lowest BCUT2D eigenvalue weighted by atomic mass is 10.00. The van der Waals surface area contributed by atoms with Crippen LogP contribution in [-0.4, -0.2) is 120 Å². The molecule has 0 unspecified atom stereocenters. The van der Waals surface area contributed by atoms with E-state index in [1.165, 1.54) is 39.6 Å². The lowest BCUT2D eigenvalue weighted by Crippen LogP contribution is -2.40. The van der Waals surface area contributed by atoms with Gasteiger partial charge in [0.15, 0.2) is 0 Å². The number of hydrogen-bond donors (Lipinski definition) is 8. The summed E-state index contributed by atoms with van der Waals surface area (Å²) in [6, 6.07) is 34.8. The van der Waals surface area contributed by atoms with E-state index in [0.717, 1.165) is 98.8 Å². The normalized spacial score (nSPS) is 13.4. The first kappa shape index (κ1) is 93.7. The molecule has 0 radical (unpaired) electrons. The molecule has 13 N–H and O–H groups in total. The summed E-state index contributed by atoms with van der Waals surface area (Å²) in [5.74, 6) is 2.07. The van der Waals surface area contributed by atoms with Crippen LogP contribution in [0, 0.1) is 25.7 Å². The number of nitrogens with two attached hydrogens (primary N) is 3. The van der Waals surface area contributed by atoms with Gasteiger partial charge in [-0.05, 0) is 179 Å². The Morgan fingerprint density at radius 3 is 1.24 bits per heavy atom. The fourth-order valence-electron chi connectivity index (χ4n) is 12.9. The number of hydrogen-bond acceptors (Lipinski definition) is 20. The predicted molar refractivity (Wildman–Crippen MR) is 449 cm³/mol. The number of rotatable bonds is 16. The zero-order chi connectivity index (χ0) is 86.8. The highest BCUT2D eigenvalue weighted by atomic mass is 79.9. The van der Waals surface area contributed by atoms with Crippen molar-refractivity contribution < 1.29 is 73.2 Å². The Morgan fingerprint density at radius 2 is 0.883 bits per heavy atom. The fourth-order valence-corrected chi connectivity index (χ4v) is 13.6. The molecule has 3 fully saturated rings. The van der Waals surface area contributed by atoms with Gasteiger partial charge in [0, 0.05) is 148 Å². The largest absolute Gasteiger partial charge is 0.478 e. The molecule has 3 aliphatic heterocycles. The topological polar surface area (TPSA) is 366 Å². The lowest BCUT2D eigenvalue weighted by molar-refractivity contribution is -0.139. The molecule has 3 saturated heterocycles. The van der Waals surface area contributed by atoms with Gasteiger partial charge < -0.3 is 81.4 Å². The van der Waals surface area contributed by atoms with Crippen molar-refractivity contribution in [1.29, 1.82) is 0 Å². The third-order valence-electron chi connectivity index (χ3n) is 19.3. The van der Waals surface area contributed by atoms with E-state index in [1.54, 1.807) is 74.5 Å². The lowest BCUT2D eigenvalue weighted by Gasteiger charge is -2.29. The van der Waals surface area contributed by atoms with Crippen LogP contribution in [0.25, 0.3) is 33.4 Å². The number of amides is 2. The molecule has 2 amide bonds. The number of nitrogen functional groups attached to an aromatic ring is 2. The van der Waals surface area contributed by atoms with Gasteiger partial charge in [-0.3, -0.25) is 29.8 Å². The van der Waals surface area contributed by atoms with Crippen LogP contribution < -0.4 is 70.9 Å². The number of nitrogens with one attached hydrogen (secondary N) is 3. The summed E-state index contributed by atoms with van der Waals surface area (Å²) in [4.78, 5) is 93.8. The van der Waals surface area contributed by atoms with Gasteiger partial charge in [0.25, 0.3) is 28.5 Å². The van der Waals surface area contributed by atoms with E-state index in [1.807, 2.05) is 85.3 Å². The summed E-state index contributed by atoms with van der Waals surface area (Å²) in [6.45, 7) is 13.0. The smallest absolute Gasteiger partial charge is 0.416 e. The van der Waals surface area contributed by atoms with E-state index < -0.39 is 53.0 Å². The van der Waals surface area contributed by atoms with Crippen molar-refractivity contribution in [3.05, 3.63) is 267 Å². The number of aromatic carboxylic acids is 1. The van der Waals surface area contributed by atoms with Gasteiger partial charge in [0.1, 0.15) is 17.1 Å².